The minimum absolute atomic E-state index is 0.0892. The van der Waals surface area contributed by atoms with Gasteiger partial charge in [0.05, 0.1) is 0 Å². The molecule has 5 nitrogen and oxygen atoms in total. The van der Waals surface area contributed by atoms with E-state index in [0.29, 0.717) is 19.8 Å². The summed E-state index contributed by atoms with van der Waals surface area (Å²) in [6.07, 6.45) is 5.44. The third kappa shape index (κ3) is 4.46. The molecule has 0 radical (unpaired) electrons. The van der Waals surface area contributed by atoms with Crippen molar-refractivity contribution in [2.75, 3.05) is 19.8 Å². The Balaban J connectivity index is 2.08. The molecule has 0 unspecified atom stereocenters. The van der Waals surface area contributed by atoms with Gasteiger partial charge in [0, 0.05) is 62.7 Å². The normalized spacial score (nSPS) is 18.7. The van der Waals surface area contributed by atoms with Crippen molar-refractivity contribution in [1.82, 2.24) is 15.3 Å². The molecule has 0 amide bonds. The minimum atomic E-state index is -0.372. The van der Waals surface area contributed by atoms with Crippen molar-refractivity contribution >= 4 is 0 Å². The SMILES string of the molecule is CCOC1(c2ncc(CNC(C)(C)C)cn2)CCOCC1. The van der Waals surface area contributed by atoms with Gasteiger partial charge in [-0.05, 0) is 27.7 Å². The van der Waals surface area contributed by atoms with Crippen molar-refractivity contribution < 1.29 is 9.47 Å². The molecule has 5 heteroatoms. The summed E-state index contributed by atoms with van der Waals surface area (Å²) in [5.74, 6) is 0.784. The van der Waals surface area contributed by atoms with Gasteiger partial charge in [-0.3, -0.25) is 0 Å². The summed E-state index contributed by atoms with van der Waals surface area (Å²) in [7, 11) is 0. The molecule has 2 rings (SSSR count). The van der Waals surface area contributed by atoms with Crippen molar-refractivity contribution in [1.29, 1.82) is 0 Å². The second kappa shape index (κ2) is 6.81. The molecule has 118 valence electrons. The van der Waals surface area contributed by atoms with Gasteiger partial charge in [-0.25, -0.2) is 9.97 Å². The van der Waals surface area contributed by atoms with E-state index in [1.165, 1.54) is 0 Å². The van der Waals surface area contributed by atoms with Crippen LogP contribution in [0.4, 0.5) is 0 Å². The van der Waals surface area contributed by atoms with Crippen molar-refractivity contribution in [2.24, 2.45) is 0 Å². The lowest BCUT2D eigenvalue weighted by atomic mass is 9.93. The van der Waals surface area contributed by atoms with Gasteiger partial charge in [-0.1, -0.05) is 0 Å². The van der Waals surface area contributed by atoms with E-state index in [2.05, 4.69) is 36.1 Å². The smallest absolute Gasteiger partial charge is 0.160 e. The van der Waals surface area contributed by atoms with Crippen LogP contribution in [0.15, 0.2) is 12.4 Å². The molecule has 0 aliphatic carbocycles. The Morgan fingerprint density at radius 3 is 2.38 bits per heavy atom. The molecule has 1 aliphatic heterocycles. The Kier molecular flexibility index (Phi) is 5.30. The summed E-state index contributed by atoms with van der Waals surface area (Å²) in [5, 5.41) is 3.44. The maximum Gasteiger partial charge on any atom is 0.160 e. The Morgan fingerprint density at radius 1 is 1.24 bits per heavy atom. The van der Waals surface area contributed by atoms with Crippen LogP contribution in [0.1, 0.15) is 51.9 Å². The number of aromatic nitrogens is 2. The molecule has 0 bridgehead atoms. The summed E-state index contributed by atoms with van der Waals surface area (Å²) in [6.45, 7) is 11.3. The molecule has 0 aromatic carbocycles. The van der Waals surface area contributed by atoms with Crippen LogP contribution in [-0.4, -0.2) is 35.3 Å². The van der Waals surface area contributed by atoms with Gasteiger partial charge in [-0.15, -0.1) is 0 Å². The molecule has 1 aromatic heterocycles. The molecule has 1 saturated heterocycles. The summed E-state index contributed by atoms with van der Waals surface area (Å²) in [5.41, 5.74) is 0.807. The zero-order valence-corrected chi connectivity index (χ0v) is 13.6. The van der Waals surface area contributed by atoms with Gasteiger partial charge in [0.15, 0.2) is 5.82 Å². The van der Waals surface area contributed by atoms with Crippen LogP contribution >= 0.6 is 0 Å². The van der Waals surface area contributed by atoms with E-state index < -0.39 is 0 Å². The van der Waals surface area contributed by atoms with E-state index in [4.69, 9.17) is 9.47 Å². The zero-order valence-electron chi connectivity index (χ0n) is 13.6. The average Bonchev–Trinajstić information content (AvgIpc) is 2.46. The molecular formula is C16H27N3O2. The van der Waals surface area contributed by atoms with E-state index in [1.54, 1.807) is 0 Å². The summed E-state index contributed by atoms with van der Waals surface area (Å²) < 4.78 is 11.4. The third-order valence-electron chi connectivity index (χ3n) is 3.66. The van der Waals surface area contributed by atoms with Crippen molar-refractivity contribution in [3.05, 3.63) is 23.8 Å². The second-order valence-corrected chi connectivity index (χ2v) is 6.56. The number of ether oxygens (including phenoxy) is 2. The number of rotatable bonds is 5. The highest BCUT2D eigenvalue weighted by atomic mass is 16.5. The van der Waals surface area contributed by atoms with E-state index in [0.717, 1.165) is 30.8 Å². The van der Waals surface area contributed by atoms with E-state index >= 15 is 0 Å². The lowest BCUT2D eigenvalue weighted by molar-refractivity contribution is -0.117. The number of hydrogen-bond donors (Lipinski definition) is 1. The van der Waals surface area contributed by atoms with Crippen LogP contribution in [0.3, 0.4) is 0 Å². The fourth-order valence-electron chi connectivity index (χ4n) is 2.46. The molecule has 0 saturated carbocycles. The number of nitrogens with zero attached hydrogens (tertiary/aromatic N) is 2. The molecule has 0 spiro atoms. The van der Waals surface area contributed by atoms with Gasteiger partial charge in [-0.2, -0.15) is 0 Å². The largest absolute Gasteiger partial charge is 0.381 e. The molecule has 1 N–H and O–H groups in total. The van der Waals surface area contributed by atoms with Crippen molar-refractivity contribution in [2.45, 2.75) is 58.2 Å². The highest BCUT2D eigenvalue weighted by molar-refractivity contribution is 5.11. The molecule has 0 atom stereocenters. The van der Waals surface area contributed by atoms with E-state index in [9.17, 15) is 0 Å². The predicted octanol–water partition coefficient (Wildman–Crippen LogP) is 2.41. The van der Waals surface area contributed by atoms with Crippen molar-refractivity contribution in [3.8, 4) is 0 Å². The second-order valence-electron chi connectivity index (χ2n) is 6.56. The van der Waals surface area contributed by atoms with Crippen molar-refractivity contribution in [3.63, 3.8) is 0 Å². The van der Waals surface area contributed by atoms with Crippen LogP contribution in [-0.2, 0) is 21.6 Å². The van der Waals surface area contributed by atoms with Gasteiger partial charge >= 0.3 is 0 Å². The maximum atomic E-state index is 5.99. The standard InChI is InChI=1S/C16H27N3O2/c1-5-21-16(6-8-20-9-7-16)14-17-10-13(11-18-14)12-19-15(2,3)4/h10-11,19H,5-9,12H2,1-4H3. The minimum Gasteiger partial charge on any atom is -0.381 e. The maximum absolute atomic E-state index is 5.99. The first-order chi connectivity index (χ1) is 9.95. The first kappa shape index (κ1) is 16.3. The molecule has 21 heavy (non-hydrogen) atoms. The van der Waals surface area contributed by atoms with Crippen LogP contribution < -0.4 is 5.32 Å². The summed E-state index contributed by atoms with van der Waals surface area (Å²) >= 11 is 0. The van der Waals surface area contributed by atoms with E-state index in [-0.39, 0.29) is 11.1 Å². The number of nitrogens with one attached hydrogen (secondary N) is 1. The van der Waals surface area contributed by atoms with Crippen LogP contribution in [0.25, 0.3) is 0 Å². The molecular weight excluding hydrogens is 266 g/mol. The Morgan fingerprint density at radius 2 is 1.86 bits per heavy atom. The Bertz CT molecular complexity index is 428. The van der Waals surface area contributed by atoms with Gasteiger partial charge in [0.25, 0.3) is 0 Å². The predicted molar refractivity (Wildman–Crippen MR) is 82.0 cm³/mol. The van der Waals surface area contributed by atoms with Gasteiger partial charge in [0.2, 0.25) is 0 Å². The molecule has 1 aromatic rings. The van der Waals surface area contributed by atoms with Crippen LogP contribution in [0, 0.1) is 0 Å². The van der Waals surface area contributed by atoms with E-state index in [1.807, 2.05) is 19.3 Å². The quantitative estimate of drug-likeness (QED) is 0.903. The third-order valence-corrected chi connectivity index (χ3v) is 3.66. The average molecular weight is 293 g/mol. The summed E-state index contributed by atoms with van der Waals surface area (Å²) in [4.78, 5) is 9.12. The summed E-state index contributed by atoms with van der Waals surface area (Å²) in [6, 6.07) is 0. The lowest BCUT2D eigenvalue weighted by Crippen LogP contribution is -2.38. The highest BCUT2D eigenvalue weighted by Gasteiger charge is 2.37. The Labute approximate surface area is 127 Å². The fraction of sp³-hybridized carbons (Fsp3) is 0.750. The van der Waals surface area contributed by atoms with Crippen LogP contribution in [0.2, 0.25) is 0 Å². The first-order valence-corrected chi connectivity index (χ1v) is 7.73. The Hall–Kier alpha value is -1.04. The molecule has 2 heterocycles. The van der Waals surface area contributed by atoms with Crippen LogP contribution in [0.5, 0.6) is 0 Å². The van der Waals surface area contributed by atoms with Gasteiger partial charge < -0.3 is 14.8 Å². The van der Waals surface area contributed by atoms with Gasteiger partial charge in [0.1, 0.15) is 5.60 Å². The number of hydrogen-bond acceptors (Lipinski definition) is 5. The molecule has 1 aliphatic rings. The highest BCUT2D eigenvalue weighted by Crippen LogP contribution is 2.33. The molecule has 1 fully saturated rings. The topological polar surface area (TPSA) is 56.3 Å². The zero-order chi connectivity index (χ0) is 15.3. The monoisotopic (exact) mass is 293 g/mol. The fourth-order valence-corrected chi connectivity index (χ4v) is 2.46. The lowest BCUT2D eigenvalue weighted by Gasteiger charge is -2.35. The first-order valence-electron chi connectivity index (χ1n) is 7.73.